The molecule has 0 aliphatic rings. The minimum absolute atomic E-state index is 0.212. The van der Waals surface area contributed by atoms with Gasteiger partial charge in [0, 0.05) is 0 Å². The molecular formula is C13H17BrO2. The minimum Gasteiger partial charge on any atom is -0.459 e. The SMILES string of the molecule is CC(C)(C)OC(=O)[C@@H](Br)Cc1ccccc1. The Bertz CT molecular complexity index is 341. The average Bonchev–Trinajstić information content (AvgIpc) is 2.16. The lowest BCUT2D eigenvalue weighted by atomic mass is 10.1. The summed E-state index contributed by atoms with van der Waals surface area (Å²) in [5.41, 5.74) is 0.690. The van der Waals surface area contributed by atoms with E-state index in [4.69, 9.17) is 4.74 Å². The Hall–Kier alpha value is -0.830. The molecule has 1 aromatic rings. The van der Waals surface area contributed by atoms with Gasteiger partial charge in [-0.1, -0.05) is 46.3 Å². The molecule has 3 heteroatoms. The van der Waals surface area contributed by atoms with Crippen molar-refractivity contribution in [1.82, 2.24) is 0 Å². The maximum atomic E-state index is 11.7. The van der Waals surface area contributed by atoms with Crippen molar-refractivity contribution in [2.45, 2.75) is 37.6 Å². The van der Waals surface area contributed by atoms with Crippen LogP contribution in [0.4, 0.5) is 0 Å². The van der Waals surface area contributed by atoms with Gasteiger partial charge < -0.3 is 4.74 Å². The van der Waals surface area contributed by atoms with Crippen molar-refractivity contribution in [3.8, 4) is 0 Å². The normalized spacial score (nSPS) is 13.2. The molecular weight excluding hydrogens is 268 g/mol. The number of benzene rings is 1. The Morgan fingerprint density at radius 1 is 1.31 bits per heavy atom. The van der Waals surface area contributed by atoms with Crippen LogP contribution in [0.3, 0.4) is 0 Å². The Labute approximate surface area is 105 Å². The van der Waals surface area contributed by atoms with Crippen LogP contribution in [-0.2, 0) is 16.0 Å². The number of alkyl halides is 1. The van der Waals surface area contributed by atoms with E-state index in [-0.39, 0.29) is 10.8 Å². The fraction of sp³-hybridized carbons (Fsp3) is 0.462. The molecule has 0 amide bonds. The van der Waals surface area contributed by atoms with Gasteiger partial charge in [0.15, 0.2) is 0 Å². The topological polar surface area (TPSA) is 26.3 Å². The fourth-order valence-corrected chi connectivity index (χ4v) is 1.74. The van der Waals surface area contributed by atoms with Crippen LogP contribution >= 0.6 is 15.9 Å². The van der Waals surface area contributed by atoms with E-state index < -0.39 is 5.60 Å². The van der Waals surface area contributed by atoms with Gasteiger partial charge in [0.2, 0.25) is 0 Å². The smallest absolute Gasteiger partial charge is 0.320 e. The van der Waals surface area contributed by atoms with Crippen molar-refractivity contribution in [1.29, 1.82) is 0 Å². The highest BCUT2D eigenvalue weighted by atomic mass is 79.9. The summed E-state index contributed by atoms with van der Waals surface area (Å²) >= 11 is 3.36. The molecule has 1 rings (SSSR count). The first-order valence-corrected chi connectivity index (χ1v) is 6.21. The maximum Gasteiger partial charge on any atom is 0.320 e. The number of esters is 1. The molecule has 0 bridgehead atoms. The number of halogens is 1. The first-order valence-electron chi connectivity index (χ1n) is 5.29. The van der Waals surface area contributed by atoms with Crippen LogP contribution in [0.15, 0.2) is 30.3 Å². The average molecular weight is 285 g/mol. The highest BCUT2D eigenvalue weighted by Gasteiger charge is 2.22. The fourth-order valence-electron chi connectivity index (χ4n) is 1.27. The highest BCUT2D eigenvalue weighted by molar-refractivity contribution is 9.10. The lowest BCUT2D eigenvalue weighted by molar-refractivity contribution is -0.153. The second-order valence-electron chi connectivity index (χ2n) is 4.69. The first kappa shape index (κ1) is 13.2. The molecule has 0 aromatic heterocycles. The maximum absolute atomic E-state index is 11.7. The van der Waals surface area contributed by atoms with Gasteiger partial charge in [0.25, 0.3) is 0 Å². The number of carbonyl (C=O) groups excluding carboxylic acids is 1. The molecule has 1 atom stereocenters. The van der Waals surface area contributed by atoms with Crippen LogP contribution in [0, 0.1) is 0 Å². The molecule has 1 aromatic carbocycles. The van der Waals surface area contributed by atoms with Gasteiger partial charge in [-0.25, -0.2) is 0 Å². The van der Waals surface area contributed by atoms with Gasteiger partial charge in [-0.15, -0.1) is 0 Å². The molecule has 2 nitrogen and oxygen atoms in total. The summed E-state index contributed by atoms with van der Waals surface area (Å²) in [6.45, 7) is 5.60. The zero-order chi connectivity index (χ0) is 12.2. The molecule has 0 fully saturated rings. The van der Waals surface area contributed by atoms with Crippen molar-refractivity contribution in [3.05, 3.63) is 35.9 Å². The van der Waals surface area contributed by atoms with E-state index in [1.54, 1.807) is 0 Å². The summed E-state index contributed by atoms with van der Waals surface area (Å²) in [6.07, 6.45) is 0.649. The van der Waals surface area contributed by atoms with Crippen molar-refractivity contribution < 1.29 is 9.53 Å². The van der Waals surface area contributed by atoms with E-state index in [0.717, 1.165) is 5.56 Å². The molecule has 0 heterocycles. The van der Waals surface area contributed by atoms with Gasteiger partial charge in [0.1, 0.15) is 10.4 Å². The zero-order valence-corrected chi connectivity index (χ0v) is 11.5. The van der Waals surface area contributed by atoms with E-state index >= 15 is 0 Å². The zero-order valence-electron chi connectivity index (χ0n) is 9.87. The van der Waals surface area contributed by atoms with Crippen molar-refractivity contribution in [3.63, 3.8) is 0 Å². The standard InChI is InChI=1S/C13H17BrO2/c1-13(2,3)16-12(15)11(14)9-10-7-5-4-6-8-10/h4-8,11H,9H2,1-3H3/t11-/m0/s1. The van der Waals surface area contributed by atoms with Crippen LogP contribution in [0.25, 0.3) is 0 Å². The van der Waals surface area contributed by atoms with Gasteiger partial charge in [0.05, 0.1) is 0 Å². The Morgan fingerprint density at radius 3 is 2.38 bits per heavy atom. The number of carbonyl (C=O) groups is 1. The lowest BCUT2D eigenvalue weighted by Crippen LogP contribution is -2.29. The van der Waals surface area contributed by atoms with Crippen LogP contribution < -0.4 is 0 Å². The molecule has 0 aliphatic carbocycles. The predicted octanol–water partition coefficient (Wildman–Crippen LogP) is 3.33. The Morgan fingerprint density at radius 2 is 1.88 bits per heavy atom. The molecule has 0 aliphatic heterocycles. The number of ether oxygens (including phenoxy) is 1. The van der Waals surface area contributed by atoms with Crippen LogP contribution in [0.2, 0.25) is 0 Å². The number of hydrogen-bond acceptors (Lipinski definition) is 2. The van der Waals surface area contributed by atoms with E-state index in [9.17, 15) is 4.79 Å². The Balaban J connectivity index is 2.53. The summed E-state index contributed by atoms with van der Waals surface area (Å²) in [5.74, 6) is -0.212. The summed E-state index contributed by atoms with van der Waals surface area (Å²) < 4.78 is 5.29. The number of hydrogen-bond donors (Lipinski definition) is 0. The minimum atomic E-state index is -0.431. The molecule has 0 radical (unpaired) electrons. The molecule has 0 spiro atoms. The van der Waals surface area contributed by atoms with Gasteiger partial charge in [-0.3, -0.25) is 4.79 Å². The van der Waals surface area contributed by atoms with E-state index in [2.05, 4.69) is 15.9 Å². The van der Waals surface area contributed by atoms with Gasteiger partial charge in [-0.05, 0) is 32.8 Å². The third kappa shape index (κ3) is 4.79. The van der Waals surface area contributed by atoms with E-state index in [0.29, 0.717) is 6.42 Å². The lowest BCUT2D eigenvalue weighted by Gasteiger charge is -2.21. The van der Waals surface area contributed by atoms with Crippen LogP contribution in [0.5, 0.6) is 0 Å². The molecule has 0 saturated carbocycles. The summed E-state index contributed by atoms with van der Waals surface area (Å²) in [4.78, 5) is 11.4. The molecule has 88 valence electrons. The second-order valence-corrected chi connectivity index (χ2v) is 5.80. The largest absolute Gasteiger partial charge is 0.459 e. The molecule has 0 N–H and O–H groups in total. The van der Waals surface area contributed by atoms with Crippen molar-refractivity contribution in [2.75, 3.05) is 0 Å². The van der Waals surface area contributed by atoms with Crippen molar-refractivity contribution >= 4 is 21.9 Å². The van der Waals surface area contributed by atoms with Crippen LogP contribution in [-0.4, -0.2) is 16.4 Å². The first-order chi connectivity index (χ1) is 7.38. The third-order valence-corrected chi connectivity index (χ3v) is 2.62. The summed E-state index contributed by atoms with van der Waals surface area (Å²) in [6, 6.07) is 9.88. The highest BCUT2D eigenvalue weighted by Crippen LogP contribution is 2.15. The summed E-state index contributed by atoms with van der Waals surface area (Å²) in [7, 11) is 0. The molecule has 0 saturated heterocycles. The monoisotopic (exact) mass is 284 g/mol. The van der Waals surface area contributed by atoms with Crippen LogP contribution in [0.1, 0.15) is 26.3 Å². The second kappa shape index (κ2) is 5.48. The van der Waals surface area contributed by atoms with E-state index in [1.165, 1.54) is 0 Å². The van der Waals surface area contributed by atoms with E-state index in [1.807, 2.05) is 51.1 Å². The molecule has 16 heavy (non-hydrogen) atoms. The quantitative estimate of drug-likeness (QED) is 0.629. The van der Waals surface area contributed by atoms with Gasteiger partial charge >= 0.3 is 5.97 Å². The van der Waals surface area contributed by atoms with Gasteiger partial charge in [-0.2, -0.15) is 0 Å². The van der Waals surface area contributed by atoms with Crippen molar-refractivity contribution in [2.24, 2.45) is 0 Å². The number of rotatable bonds is 3. The molecule has 0 unspecified atom stereocenters. The third-order valence-electron chi connectivity index (χ3n) is 1.92. The summed E-state index contributed by atoms with van der Waals surface area (Å²) in [5, 5.41) is 0. The predicted molar refractivity (Wildman–Crippen MR) is 68.7 cm³/mol. The Kier molecular flexibility index (Phi) is 4.54.